The summed E-state index contributed by atoms with van der Waals surface area (Å²) in [7, 11) is 1.79. The van der Waals surface area contributed by atoms with Crippen LogP contribution in [-0.4, -0.2) is 64.8 Å². The van der Waals surface area contributed by atoms with Gasteiger partial charge in [-0.05, 0) is 49.4 Å². The van der Waals surface area contributed by atoms with Crippen molar-refractivity contribution in [2.75, 3.05) is 25.5 Å². The highest BCUT2D eigenvalue weighted by Gasteiger charge is 2.38. The van der Waals surface area contributed by atoms with Crippen molar-refractivity contribution in [2.24, 2.45) is 0 Å². The highest BCUT2D eigenvalue weighted by atomic mass is 16.5. The number of para-hydroxylation sites is 1. The van der Waals surface area contributed by atoms with Crippen LogP contribution >= 0.6 is 0 Å². The summed E-state index contributed by atoms with van der Waals surface area (Å²) >= 11 is 0. The summed E-state index contributed by atoms with van der Waals surface area (Å²) in [6, 6.07) is 10.8. The van der Waals surface area contributed by atoms with E-state index in [4.69, 9.17) is 4.74 Å². The minimum absolute atomic E-state index is 0.0388. The molecule has 1 aromatic heterocycles. The molecule has 34 heavy (non-hydrogen) atoms. The standard InChI is InChI=1S/C26H30N4O4/c1-18(31)28-24-14-13-20(16-27-24)26(33)30-15-7-11-21-22(30)10-5-3-8-19-9-4-6-12-23(19)34-17-25(32)29(21)2/h3-6,9,12-14,16,21-22H,7-8,10-11,15,17H2,1-2H3,(H,27,28,31)/b5-3+/t21-,22-/m1/s1. The summed E-state index contributed by atoms with van der Waals surface area (Å²) in [5.74, 6) is 0.677. The molecule has 1 N–H and O–H groups in total. The predicted molar refractivity (Wildman–Crippen MR) is 129 cm³/mol. The molecule has 2 aliphatic rings. The normalized spacial score (nSPS) is 21.8. The van der Waals surface area contributed by atoms with Gasteiger partial charge < -0.3 is 19.9 Å². The molecule has 1 fully saturated rings. The molecule has 0 unspecified atom stereocenters. The number of piperidine rings is 1. The third-order valence-electron chi connectivity index (χ3n) is 6.42. The van der Waals surface area contributed by atoms with Gasteiger partial charge in [-0.2, -0.15) is 0 Å². The minimum atomic E-state index is -0.218. The van der Waals surface area contributed by atoms with Gasteiger partial charge in [-0.3, -0.25) is 14.4 Å². The molecular weight excluding hydrogens is 432 g/mol. The molecule has 0 aliphatic carbocycles. The Bertz CT molecular complexity index is 1080. The number of pyridine rings is 1. The number of fused-ring (bicyclic) bond motifs is 2. The van der Waals surface area contributed by atoms with Crippen LogP contribution in [0.5, 0.6) is 5.75 Å². The molecule has 8 nitrogen and oxygen atoms in total. The second-order valence-electron chi connectivity index (χ2n) is 8.70. The van der Waals surface area contributed by atoms with Gasteiger partial charge in [0, 0.05) is 26.7 Å². The van der Waals surface area contributed by atoms with E-state index in [1.807, 2.05) is 29.2 Å². The maximum absolute atomic E-state index is 13.5. The van der Waals surface area contributed by atoms with Gasteiger partial charge >= 0.3 is 0 Å². The Kier molecular flexibility index (Phi) is 7.25. The van der Waals surface area contributed by atoms with Crippen LogP contribution in [0.1, 0.15) is 42.1 Å². The Morgan fingerprint density at radius 1 is 1.12 bits per heavy atom. The van der Waals surface area contributed by atoms with Crippen LogP contribution in [-0.2, 0) is 16.0 Å². The number of likely N-dealkylation sites (tertiary alicyclic amines) is 1. The summed E-state index contributed by atoms with van der Waals surface area (Å²) < 4.78 is 5.86. The van der Waals surface area contributed by atoms with Crippen molar-refractivity contribution >= 4 is 23.5 Å². The third kappa shape index (κ3) is 5.27. The number of ether oxygens (including phenoxy) is 1. The number of rotatable bonds is 2. The maximum Gasteiger partial charge on any atom is 0.260 e. The zero-order valence-electron chi connectivity index (χ0n) is 19.6. The SMILES string of the molecule is CC(=O)Nc1ccc(C(=O)N2CCC[C@@H]3[C@H]2C/C=C/Cc2ccccc2OCC(=O)N3C)cn1. The molecule has 178 valence electrons. The number of aromatic nitrogens is 1. The van der Waals surface area contributed by atoms with E-state index >= 15 is 0 Å². The monoisotopic (exact) mass is 462 g/mol. The van der Waals surface area contributed by atoms with Gasteiger partial charge in [-0.1, -0.05) is 30.4 Å². The Labute approximate surface area is 199 Å². The topological polar surface area (TPSA) is 91.8 Å². The number of nitrogens with one attached hydrogen (secondary N) is 1. The van der Waals surface area contributed by atoms with Gasteiger partial charge in [0.15, 0.2) is 6.61 Å². The smallest absolute Gasteiger partial charge is 0.260 e. The van der Waals surface area contributed by atoms with E-state index in [1.165, 1.54) is 13.1 Å². The van der Waals surface area contributed by atoms with E-state index in [2.05, 4.69) is 22.5 Å². The molecule has 3 heterocycles. The lowest BCUT2D eigenvalue weighted by atomic mass is 9.91. The first kappa shape index (κ1) is 23.5. The molecule has 3 amide bonds. The molecule has 0 saturated carbocycles. The molecular formula is C26H30N4O4. The Hall–Kier alpha value is -3.68. The first-order valence-electron chi connectivity index (χ1n) is 11.6. The van der Waals surface area contributed by atoms with Gasteiger partial charge in [0.25, 0.3) is 11.8 Å². The lowest BCUT2D eigenvalue weighted by molar-refractivity contribution is -0.136. The number of carbonyl (C=O) groups excluding carboxylic acids is 3. The molecule has 2 aliphatic heterocycles. The van der Waals surface area contributed by atoms with Gasteiger partial charge in [0.05, 0.1) is 17.6 Å². The van der Waals surface area contributed by atoms with Gasteiger partial charge in [-0.25, -0.2) is 4.98 Å². The highest BCUT2D eigenvalue weighted by Crippen LogP contribution is 2.28. The fourth-order valence-corrected chi connectivity index (χ4v) is 4.65. The van der Waals surface area contributed by atoms with E-state index in [-0.39, 0.29) is 36.4 Å². The molecule has 0 bridgehead atoms. The van der Waals surface area contributed by atoms with Crippen molar-refractivity contribution in [2.45, 2.75) is 44.7 Å². The molecule has 2 aromatic rings. The number of amides is 3. The maximum atomic E-state index is 13.5. The largest absolute Gasteiger partial charge is 0.483 e. The highest BCUT2D eigenvalue weighted by molar-refractivity contribution is 5.95. The Balaban J connectivity index is 1.59. The van der Waals surface area contributed by atoms with E-state index in [1.54, 1.807) is 24.1 Å². The molecule has 1 saturated heterocycles. The zero-order valence-corrected chi connectivity index (χ0v) is 19.6. The second-order valence-corrected chi connectivity index (χ2v) is 8.70. The van der Waals surface area contributed by atoms with Crippen LogP contribution in [0.2, 0.25) is 0 Å². The van der Waals surface area contributed by atoms with Crippen LogP contribution in [0.4, 0.5) is 5.82 Å². The third-order valence-corrected chi connectivity index (χ3v) is 6.42. The van der Waals surface area contributed by atoms with Gasteiger partial charge in [0.2, 0.25) is 5.91 Å². The molecule has 2 atom stereocenters. The Morgan fingerprint density at radius 3 is 2.71 bits per heavy atom. The van der Waals surface area contributed by atoms with Crippen molar-refractivity contribution in [3.05, 3.63) is 65.9 Å². The van der Waals surface area contributed by atoms with Crippen LogP contribution in [0, 0.1) is 0 Å². The number of nitrogens with zero attached hydrogens (tertiary/aromatic N) is 3. The molecule has 0 radical (unpaired) electrons. The number of hydrogen-bond acceptors (Lipinski definition) is 5. The van der Waals surface area contributed by atoms with Crippen molar-refractivity contribution < 1.29 is 19.1 Å². The van der Waals surface area contributed by atoms with E-state index in [0.29, 0.717) is 30.8 Å². The van der Waals surface area contributed by atoms with Crippen LogP contribution in [0.25, 0.3) is 0 Å². The fourth-order valence-electron chi connectivity index (χ4n) is 4.65. The number of carbonyl (C=O) groups is 3. The first-order valence-corrected chi connectivity index (χ1v) is 11.6. The van der Waals surface area contributed by atoms with E-state index in [0.717, 1.165) is 24.2 Å². The quantitative estimate of drug-likeness (QED) is 0.693. The van der Waals surface area contributed by atoms with Crippen LogP contribution in [0.15, 0.2) is 54.7 Å². The van der Waals surface area contributed by atoms with Crippen molar-refractivity contribution in [1.29, 1.82) is 0 Å². The summed E-state index contributed by atoms with van der Waals surface area (Å²) in [6.07, 6.45) is 8.65. The number of anilines is 1. The summed E-state index contributed by atoms with van der Waals surface area (Å²) in [5, 5.41) is 2.61. The average molecular weight is 463 g/mol. The second kappa shape index (κ2) is 10.5. The zero-order chi connectivity index (χ0) is 24.1. The number of allylic oxidation sites excluding steroid dienone is 1. The van der Waals surface area contributed by atoms with Gasteiger partial charge in [0.1, 0.15) is 11.6 Å². The van der Waals surface area contributed by atoms with Crippen LogP contribution in [0.3, 0.4) is 0 Å². The molecule has 1 aromatic carbocycles. The van der Waals surface area contributed by atoms with Crippen LogP contribution < -0.4 is 10.1 Å². The Morgan fingerprint density at radius 2 is 1.94 bits per heavy atom. The lowest BCUT2D eigenvalue weighted by Crippen LogP contribution is -2.57. The average Bonchev–Trinajstić information content (AvgIpc) is 2.84. The predicted octanol–water partition coefficient (Wildman–Crippen LogP) is 3.05. The first-order chi connectivity index (χ1) is 16.4. The minimum Gasteiger partial charge on any atom is -0.483 e. The molecule has 0 spiro atoms. The summed E-state index contributed by atoms with van der Waals surface area (Å²) in [6.45, 7) is 1.98. The summed E-state index contributed by atoms with van der Waals surface area (Å²) in [4.78, 5) is 45.5. The van der Waals surface area contributed by atoms with E-state index in [9.17, 15) is 14.4 Å². The summed E-state index contributed by atoms with van der Waals surface area (Å²) in [5.41, 5.74) is 1.48. The van der Waals surface area contributed by atoms with E-state index < -0.39 is 0 Å². The number of hydrogen-bond donors (Lipinski definition) is 1. The molecule has 4 rings (SSSR count). The van der Waals surface area contributed by atoms with Crippen molar-refractivity contribution in [1.82, 2.24) is 14.8 Å². The van der Waals surface area contributed by atoms with Gasteiger partial charge in [-0.15, -0.1) is 0 Å². The van der Waals surface area contributed by atoms with Crippen molar-refractivity contribution in [3.63, 3.8) is 0 Å². The fraction of sp³-hybridized carbons (Fsp3) is 0.385. The molecule has 8 heteroatoms. The number of benzene rings is 1. The van der Waals surface area contributed by atoms with Crippen molar-refractivity contribution in [3.8, 4) is 5.75 Å². The lowest BCUT2D eigenvalue weighted by Gasteiger charge is -2.44. The number of likely N-dealkylation sites (N-methyl/N-ethyl adjacent to an activating group) is 1.